The Morgan fingerprint density at radius 2 is 2.04 bits per heavy atom. The Hall–Kier alpha value is -2.89. The SMILES string of the molecule is Cn1ccc2ccc(NC(=O)C3CCN(c4cnccn4)CC3)cc21. The second-order valence-electron chi connectivity index (χ2n) is 6.51. The van der Waals surface area contributed by atoms with Gasteiger partial charge < -0.3 is 14.8 Å². The molecule has 0 bridgehead atoms. The van der Waals surface area contributed by atoms with Gasteiger partial charge >= 0.3 is 0 Å². The molecule has 1 aliphatic heterocycles. The molecule has 1 fully saturated rings. The Morgan fingerprint density at radius 1 is 1.20 bits per heavy atom. The standard InChI is InChI=1S/C19H21N5O/c1-23-9-4-14-2-3-16(12-17(14)23)22-19(25)15-5-10-24(11-6-15)18-13-20-7-8-21-18/h2-4,7-9,12-13,15H,5-6,10-11H2,1H3,(H,22,25). The van der Waals surface area contributed by atoms with E-state index >= 15 is 0 Å². The summed E-state index contributed by atoms with van der Waals surface area (Å²) in [5, 5.41) is 4.26. The number of benzene rings is 1. The summed E-state index contributed by atoms with van der Waals surface area (Å²) in [6, 6.07) is 8.11. The van der Waals surface area contributed by atoms with Gasteiger partial charge in [-0.05, 0) is 36.4 Å². The molecule has 128 valence electrons. The first-order valence-corrected chi connectivity index (χ1v) is 8.57. The number of nitrogens with zero attached hydrogens (tertiary/aromatic N) is 4. The van der Waals surface area contributed by atoms with Crippen molar-refractivity contribution in [2.75, 3.05) is 23.3 Å². The third-order valence-electron chi connectivity index (χ3n) is 4.89. The van der Waals surface area contributed by atoms with E-state index in [-0.39, 0.29) is 11.8 Å². The predicted octanol–water partition coefficient (Wildman–Crippen LogP) is 2.82. The van der Waals surface area contributed by atoms with Crippen LogP contribution < -0.4 is 10.2 Å². The Kier molecular flexibility index (Phi) is 4.09. The molecular formula is C19H21N5O. The van der Waals surface area contributed by atoms with Gasteiger partial charge in [0, 0.05) is 55.8 Å². The van der Waals surface area contributed by atoms with E-state index in [0.717, 1.165) is 43.0 Å². The topological polar surface area (TPSA) is 63.1 Å². The lowest BCUT2D eigenvalue weighted by Gasteiger charge is -2.31. The van der Waals surface area contributed by atoms with Gasteiger partial charge in [0.1, 0.15) is 5.82 Å². The van der Waals surface area contributed by atoms with Crippen molar-refractivity contribution in [2.24, 2.45) is 13.0 Å². The van der Waals surface area contributed by atoms with Crippen molar-refractivity contribution in [3.8, 4) is 0 Å². The van der Waals surface area contributed by atoms with Gasteiger partial charge in [0.2, 0.25) is 5.91 Å². The maximum absolute atomic E-state index is 12.6. The summed E-state index contributed by atoms with van der Waals surface area (Å²) in [6.07, 6.45) is 8.83. The van der Waals surface area contributed by atoms with Crippen LogP contribution in [0.3, 0.4) is 0 Å². The molecule has 1 saturated heterocycles. The van der Waals surface area contributed by atoms with Gasteiger partial charge in [-0.3, -0.25) is 9.78 Å². The highest BCUT2D eigenvalue weighted by Crippen LogP contribution is 2.24. The highest BCUT2D eigenvalue weighted by atomic mass is 16.1. The third kappa shape index (κ3) is 3.20. The Bertz CT molecular complexity index is 881. The zero-order valence-electron chi connectivity index (χ0n) is 14.2. The summed E-state index contributed by atoms with van der Waals surface area (Å²) in [5.41, 5.74) is 1.98. The average Bonchev–Trinajstić information content (AvgIpc) is 3.03. The molecule has 1 aliphatic rings. The Morgan fingerprint density at radius 3 is 2.80 bits per heavy atom. The molecule has 3 heterocycles. The van der Waals surface area contributed by atoms with Gasteiger partial charge in [-0.15, -0.1) is 0 Å². The van der Waals surface area contributed by atoms with Crippen molar-refractivity contribution in [3.63, 3.8) is 0 Å². The first kappa shape index (κ1) is 15.6. The maximum Gasteiger partial charge on any atom is 0.227 e. The fraction of sp³-hybridized carbons (Fsp3) is 0.316. The molecule has 2 aromatic heterocycles. The van der Waals surface area contributed by atoms with Crippen LogP contribution in [-0.2, 0) is 11.8 Å². The summed E-state index contributed by atoms with van der Waals surface area (Å²) in [4.78, 5) is 23.2. The zero-order chi connectivity index (χ0) is 17.2. The van der Waals surface area contributed by atoms with E-state index in [4.69, 9.17) is 0 Å². The number of amides is 1. The lowest BCUT2D eigenvalue weighted by atomic mass is 9.96. The summed E-state index contributed by atoms with van der Waals surface area (Å²) < 4.78 is 2.06. The predicted molar refractivity (Wildman–Crippen MR) is 98.5 cm³/mol. The van der Waals surface area contributed by atoms with E-state index < -0.39 is 0 Å². The van der Waals surface area contributed by atoms with Crippen LogP contribution in [0.4, 0.5) is 11.5 Å². The van der Waals surface area contributed by atoms with E-state index in [1.165, 1.54) is 5.39 Å². The fourth-order valence-electron chi connectivity index (χ4n) is 3.41. The second kappa shape index (κ2) is 6.55. The molecule has 0 spiro atoms. The maximum atomic E-state index is 12.6. The minimum atomic E-state index is 0.0389. The lowest BCUT2D eigenvalue weighted by Crippen LogP contribution is -2.38. The van der Waals surface area contributed by atoms with E-state index in [1.807, 2.05) is 31.4 Å². The van der Waals surface area contributed by atoms with Crippen LogP contribution in [-0.4, -0.2) is 33.5 Å². The monoisotopic (exact) mass is 335 g/mol. The average molecular weight is 335 g/mol. The van der Waals surface area contributed by atoms with Crippen LogP contribution in [0.25, 0.3) is 10.9 Å². The van der Waals surface area contributed by atoms with Gasteiger partial charge in [-0.1, -0.05) is 6.07 Å². The van der Waals surface area contributed by atoms with Crippen molar-refractivity contribution in [3.05, 3.63) is 49.1 Å². The number of rotatable bonds is 3. The molecule has 0 aliphatic carbocycles. The van der Waals surface area contributed by atoms with Gasteiger partial charge in [0.15, 0.2) is 0 Å². The number of nitrogens with one attached hydrogen (secondary N) is 1. The van der Waals surface area contributed by atoms with E-state index in [2.05, 4.69) is 30.8 Å². The van der Waals surface area contributed by atoms with Crippen LogP contribution in [0.15, 0.2) is 49.1 Å². The van der Waals surface area contributed by atoms with E-state index in [0.29, 0.717) is 0 Å². The zero-order valence-corrected chi connectivity index (χ0v) is 14.2. The second-order valence-corrected chi connectivity index (χ2v) is 6.51. The van der Waals surface area contributed by atoms with Crippen LogP contribution in [0.2, 0.25) is 0 Å². The van der Waals surface area contributed by atoms with E-state index in [9.17, 15) is 4.79 Å². The van der Waals surface area contributed by atoms with Gasteiger partial charge in [-0.25, -0.2) is 4.98 Å². The Balaban J connectivity index is 1.39. The molecule has 0 unspecified atom stereocenters. The van der Waals surface area contributed by atoms with Crippen LogP contribution in [0, 0.1) is 5.92 Å². The molecule has 0 saturated carbocycles. The highest BCUT2D eigenvalue weighted by Gasteiger charge is 2.25. The third-order valence-corrected chi connectivity index (χ3v) is 4.89. The molecule has 0 atom stereocenters. The van der Waals surface area contributed by atoms with Crippen molar-refractivity contribution in [2.45, 2.75) is 12.8 Å². The smallest absolute Gasteiger partial charge is 0.227 e. The van der Waals surface area contributed by atoms with E-state index in [1.54, 1.807) is 18.6 Å². The molecule has 1 N–H and O–H groups in total. The molecule has 1 aromatic carbocycles. The number of piperidine rings is 1. The number of aryl methyl sites for hydroxylation is 1. The van der Waals surface area contributed by atoms with Crippen molar-refractivity contribution in [1.29, 1.82) is 0 Å². The number of hydrogen-bond acceptors (Lipinski definition) is 4. The molecule has 6 nitrogen and oxygen atoms in total. The first-order valence-electron chi connectivity index (χ1n) is 8.57. The van der Waals surface area contributed by atoms with Crippen LogP contribution in [0.1, 0.15) is 12.8 Å². The number of carbonyl (C=O) groups excluding carboxylic acids is 1. The molecule has 0 radical (unpaired) electrons. The molecule has 1 amide bonds. The van der Waals surface area contributed by atoms with Crippen LogP contribution >= 0.6 is 0 Å². The normalized spacial score (nSPS) is 15.5. The summed E-state index contributed by atoms with van der Waals surface area (Å²) in [5.74, 6) is 1.03. The van der Waals surface area contributed by atoms with Crippen molar-refractivity contribution in [1.82, 2.24) is 14.5 Å². The van der Waals surface area contributed by atoms with Gasteiger partial charge in [0.25, 0.3) is 0 Å². The van der Waals surface area contributed by atoms with Gasteiger partial charge in [-0.2, -0.15) is 0 Å². The lowest BCUT2D eigenvalue weighted by molar-refractivity contribution is -0.120. The molecular weight excluding hydrogens is 314 g/mol. The molecule has 4 rings (SSSR count). The number of hydrogen-bond donors (Lipinski definition) is 1. The minimum absolute atomic E-state index is 0.0389. The largest absolute Gasteiger partial charge is 0.355 e. The minimum Gasteiger partial charge on any atom is -0.355 e. The fourth-order valence-corrected chi connectivity index (χ4v) is 3.41. The number of aromatic nitrogens is 3. The highest BCUT2D eigenvalue weighted by molar-refractivity contribution is 5.95. The molecule has 6 heteroatoms. The summed E-state index contributed by atoms with van der Waals surface area (Å²) in [7, 11) is 2.01. The van der Waals surface area contributed by atoms with Crippen LogP contribution in [0.5, 0.6) is 0 Å². The molecule has 3 aromatic rings. The first-order chi connectivity index (χ1) is 12.2. The molecule has 25 heavy (non-hydrogen) atoms. The number of carbonyl (C=O) groups is 1. The Labute approximate surface area is 146 Å². The van der Waals surface area contributed by atoms with Crippen molar-refractivity contribution < 1.29 is 4.79 Å². The quantitative estimate of drug-likeness (QED) is 0.799. The van der Waals surface area contributed by atoms with Gasteiger partial charge in [0.05, 0.1) is 6.20 Å². The summed E-state index contributed by atoms with van der Waals surface area (Å²) >= 11 is 0. The number of fused-ring (bicyclic) bond motifs is 1. The number of anilines is 2. The summed E-state index contributed by atoms with van der Waals surface area (Å²) in [6.45, 7) is 1.65. The van der Waals surface area contributed by atoms with Crippen molar-refractivity contribution >= 4 is 28.3 Å².